The molecule has 0 aliphatic rings. The summed E-state index contributed by atoms with van der Waals surface area (Å²) in [5.74, 6) is -1.04. The maximum Gasteiger partial charge on any atom is 0.329 e. The molecule has 104 valence electrons. The topological polar surface area (TPSA) is 79.2 Å². The number of amides is 1. The highest BCUT2D eigenvalue weighted by molar-refractivity contribution is 5.94. The van der Waals surface area contributed by atoms with Crippen molar-refractivity contribution in [1.29, 1.82) is 5.26 Å². The van der Waals surface area contributed by atoms with E-state index in [-0.39, 0.29) is 0 Å². The Kier molecular flexibility index (Phi) is 5.98. The van der Waals surface area contributed by atoms with Crippen LogP contribution in [0.3, 0.4) is 0 Å². The van der Waals surface area contributed by atoms with Crippen LogP contribution in [0.4, 0.5) is 0 Å². The van der Waals surface area contributed by atoms with E-state index in [0.29, 0.717) is 0 Å². The zero-order chi connectivity index (χ0) is 15.0. The Labute approximate surface area is 117 Å². The number of hydrogen-bond acceptors (Lipinski definition) is 4. The first-order chi connectivity index (χ1) is 9.52. The van der Waals surface area contributed by atoms with Gasteiger partial charge in [0.15, 0.2) is 6.10 Å². The summed E-state index contributed by atoms with van der Waals surface area (Å²) in [6.45, 7) is 2.96. The van der Waals surface area contributed by atoms with Crippen LogP contribution in [-0.2, 0) is 14.3 Å². The van der Waals surface area contributed by atoms with Gasteiger partial charge in [-0.25, -0.2) is 4.79 Å². The quantitative estimate of drug-likeness (QED) is 0.653. The molecule has 0 aliphatic carbocycles. The van der Waals surface area contributed by atoms with Gasteiger partial charge in [-0.1, -0.05) is 30.3 Å². The van der Waals surface area contributed by atoms with Crippen LogP contribution in [-0.4, -0.2) is 24.0 Å². The molecule has 0 spiro atoms. The third-order valence-electron chi connectivity index (χ3n) is 2.41. The van der Waals surface area contributed by atoms with Gasteiger partial charge in [-0.05, 0) is 25.5 Å². The molecule has 0 heterocycles. The minimum atomic E-state index is -0.832. The summed E-state index contributed by atoms with van der Waals surface area (Å²) in [7, 11) is 0. The van der Waals surface area contributed by atoms with Gasteiger partial charge < -0.3 is 10.1 Å². The van der Waals surface area contributed by atoms with Crippen LogP contribution in [0.5, 0.6) is 0 Å². The molecular formula is C15H16N2O3. The van der Waals surface area contributed by atoms with Crippen molar-refractivity contribution in [2.24, 2.45) is 0 Å². The Morgan fingerprint density at radius 3 is 2.55 bits per heavy atom. The summed E-state index contributed by atoms with van der Waals surface area (Å²) in [5, 5.41) is 11.0. The van der Waals surface area contributed by atoms with Crippen molar-refractivity contribution < 1.29 is 14.3 Å². The predicted octanol–water partition coefficient (Wildman–Crippen LogP) is 1.66. The molecule has 1 N–H and O–H groups in total. The van der Waals surface area contributed by atoms with Gasteiger partial charge in [0.1, 0.15) is 12.1 Å². The number of nitrogens with zero attached hydrogens (tertiary/aromatic N) is 1. The van der Waals surface area contributed by atoms with E-state index in [0.717, 1.165) is 5.56 Å². The minimum Gasteiger partial charge on any atom is -0.446 e. The van der Waals surface area contributed by atoms with E-state index in [2.05, 4.69) is 5.32 Å². The first-order valence-corrected chi connectivity index (χ1v) is 6.16. The van der Waals surface area contributed by atoms with Gasteiger partial charge in [0, 0.05) is 6.08 Å². The summed E-state index contributed by atoms with van der Waals surface area (Å²) in [4.78, 5) is 23.1. The molecule has 0 unspecified atom stereocenters. The largest absolute Gasteiger partial charge is 0.446 e. The van der Waals surface area contributed by atoms with E-state index in [1.165, 1.54) is 19.9 Å². The molecule has 0 saturated carbocycles. The lowest BCUT2D eigenvalue weighted by Gasteiger charge is -2.12. The van der Waals surface area contributed by atoms with E-state index in [1.54, 1.807) is 12.1 Å². The van der Waals surface area contributed by atoms with Crippen molar-refractivity contribution in [1.82, 2.24) is 5.32 Å². The third kappa shape index (κ3) is 5.36. The van der Waals surface area contributed by atoms with Crippen molar-refractivity contribution in [2.75, 3.05) is 0 Å². The number of nitriles is 1. The normalized spacial score (nSPS) is 13.2. The smallest absolute Gasteiger partial charge is 0.329 e. The van der Waals surface area contributed by atoms with Crippen molar-refractivity contribution in [3.63, 3.8) is 0 Å². The SMILES string of the molecule is C[C@H](C#N)OC(=O)[C@H](C)NC(=O)/C=C/c1ccccc1. The van der Waals surface area contributed by atoms with Crippen molar-refractivity contribution in [2.45, 2.75) is 26.0 Å². The zero-order valence-electron chi connectivity index (χ0n) is 11.4. The van der Waals surface area contributed by atoms with Crippen molar-refractivity contribution >= 4 is 18.0 Å². The zero-order valence-corrected chi connectivity index (χ0v) is 11.4. The maximum absolute atomic E-state index is 11.6. The predicted molar refractivity (Wildman–Crippen MR) is 74.2 cm³/mol. The van der Waals surface area contributed by atoms with Crippen LogP contribution >= 0.6 is 0 Å². The van der Waals surface area contributed by atoms with E-state index >= 15 is 0 Å². The minimum absolute atomic E-state index is 0.400. The van der Waals surface area contributed by atoms with Gasteiger partial charge in [0.25, 0.3) is 0 Å². The lowest BCUT2D eigenvalue weighted by Crippen LogP contribution is -2.39. The van der Waals surface area contributed by atoms with E-state index in [4.69, 9.17) is 10.00 Å². The molecule has 5 heteroatoms. The molecule has 0 aliphatic heterocycles. The molecule has 2 atom stereocenters. The molecule has 0 aromatic heterocycles. The Morgan fingerprint density at radius 1 is 1.30 bits per heavy atom. The number of hydrogen-bond donors (Lipinski definition) is 1. The highest BCUT2D eigenvalue weighted by Crippen LogP contribution is 2.01. The Hall–Kier alpha value is -2.61. The van der Waals surface area contributed by atoms with Gasteiger partial charge in [0.05, 0.1) is 0 Å². The fourth-order valence-electron chi connectivity index (χ4n) is 1.36. The molecule has 0 fully saturated rings. The van der Waals surface area contributed by atoms with Crippen LogP contribution in [0, 0.1) is 11.3 Å². The first kappa shape index (κ1) is 15.4. The number of benzene rings is 1. The van der Waals surface area contributed by atoms with E-state index in [1.807, 2.05) is 30.3 Å². The van der Waals surface area contributed by atoms with Gasteiger partial charge in [-0.3, -0.25) is 4.79 Å². The Bertz CT molecular complexity index is 532. The van der Waals surface area contributed by atoms with Gasteiger partial charge in [0.2, 0.25) is 5.91 Å². The number of esters is 1. The van der Waals surface area contributed by atoms with Crippen molar-refractivity contribution in [3.8, 4) is 6.07 Å². The number of nitrogens with one attached hydrogen (secondary N) is 1. The van der Waals surface area contributed by atoms with Crippen LogP contribution in [0.2, 0.25) is 0 Å². The Balaban J connectivity index is 2.48. The van der Waals surface area contributed by atoms with Crippen LogP contribution in [0.15, 0.2) is 36.4 Å². The molecule has 1 aromatic rings. The summed E-state index contributed by atoms with van der Waals surface area (Å²) in [6, 6.07) is 10.3. The van der Waals surface area contributed by atoms with Crippen LogP contribution in [0.1, 0.15) is 19.4 Å². The average Bonchev–Trinajstić information content (AvgIpc) is 2.45. The number of carbonyl (C=O) groups is 2. The second kappa shape index (κ2) is 7.74. The maximum atomic E-state index is 11.6. The molecule has 1 amide bonds. The number of carbonyl (C=O) groups excluding carboxylic acids is 2. The summed E-state index contributed by atoms with van der Waals surface area (Å²) >= 11 is 0. The first-order valence-electron chi connectivity index (χ1n) is 6.16. The lowest BCUT2D eigenvalue weighted by molar-refractivity contribution is -0.149. The number of ether oxygens (including phenoxy) is 1. The van der Waals surface area contributed by atoms with Gasteiger partial charge >= 0.3 is 5.97 Å². The molecule has 5 nitrogen and oxygen atoms in total. The Morgan fingerprint density at radius 2 is 1.95 bits per heavy atom. The molecule has 0 radical (unpaired) electrons. The molecule has 0 bridgehead atoms. The molecule has 0 saturated heterocycles. The molecular weight excluding hydrogens is 256 g/mol. The fourth-order valence-corrected chi connectivity index (χ4v) is 1.36. The average molecular weight is 272 g/mol. The fraction of sp³-hybridized carbons (Fsp3) is 0.267. The van der Waals surface area contributed by atoms with Crippen LogP contribution < -0.4 is 5.32 Å². The molecule has 1 aromatic carbocycles. The second-order valence-electron chi connectivity index (χ2n) is 4.18. The van der Waals surface area contributed by atoms with E-state index in [9.17, 15) is 9.59 Å². The molecule has 20 heavy (non-hydrogen) atoms. The lowest BCUT2D eigenvalue weighted by atomic mass is 10.2. The summed E-state index contributed by atoms with van der Waals surface area (Å²) in [6.07, 6.45) is 2.15. The van der Waals surface area contributed by atoms with Gasteiger partial charge in [-0.15, -0.1) is 0 Å². The highest BCUT2D eigenvalue weighted by atomic mass is 16.5. The third-order valence-corrected chi connectivity index (χ3v) is 2.41. The van der Waals surface area contributed by atoms with E-state index < -0.39 is 24.0 Å². The second-order valence-corrected chi connectivity index (χ2v) is 4.18. The number of rotatable bonds is 5. The summed E-state index contributed by atoms with van der Waals surface area (Å²) < 4.78 is 4.79. The van der Waals surface area contributed by atoms with Crippen LogP contribution in [0.25, 0.3) is 6.08 Å². The monoisotopic (exact) mass is 272 g/mol. The summed E-state index contributed by atoms with van der Waals surface area (Å²) in [5.41, 5.74) is 0.885. The standard InChI is InChI=1S/C15H16N2O3/c1-11(10-16)20-15(19)12(2)17-14(18)9-8-13-6-4-3-5-7-13/h3-9,11-12H,1-2H3,(H,17,18)/b9-8+/t11-,12+/m1/s1. The highest BCUT2D eigenvalue weighted by Gasteiger charge is 2.18. The molecule has 1 rings (SSSR count). The van der Waals surface area contributed by atoms with Gasteiger partial charge in [-0.2, -0.15) is 5.26 Å². The van der Waals surface area contributed by atoms with Crippen molar-refractivity contribution in [3.05, 3.63) is 42.0 Å².